The Bertz CT molecular complexity index is 299. The molecular formula is C9H9ClO3. The summed E-state index contributed by atoms with van der Waals surface area (Å²) in [6, 6.07) is 7.23. The van der Waals surface area contributed by atoms with Gasteiger partial charge < -0.3 is 9.47 Å². The van der Waals surface area contributed by atoms with E-state index in [4.69, 9.17) is 16.3 Å². The fourth-order valence-electron chi connectivity index (χ4n) is 0.902. The zero-order valence-electron chi connectivity index (χ0n) is 7.12. The molecule has 0 aliphatic carbocycles. The Morgan fingerprint density at radius 2 is 2.31 bits per heavy atom. The summed E-state index contributed by atoms with van der Waals surface area (Å²) in [6.45, 7) is 0.166. The van der Waals surface area contributed by atoms with Crippen LogP contribution >= 0.6 is 11.6 Å². The molecule has 0 saturated carbocycles. The molecule has 1 aromatic carbocycles. The van der Waals surface area contributed by atoms with Crippen LogP contribution in [0.1, 0.15) is 5.56 Å². The first-order valence-electron chi connectivity index (χ1n) is 3.67. The van der Waals surface area contributed by atoms with Crippen LogP contribution in [0.4, 0.5) is 4.79 Å². The molecule has 0 aliphatic heterocycles. The van der Waals surface area contributed by atoms with Crippen molar-refractivity contribution in [2.24, 2.45) is 0 Å². The second-order valence-corrected chi connectivity index (χ2v) is 2.69. The van der Waals surface area contributed by atoms with Gasteiger partial charge in [0.15, 0.2) is 0 Å². The minimum absolute atomic E-state index is 0.166. The topological polar surface area (TPSA) is 35.5 Å². The summed E-state index contributed by atoms with van der Waals surface area (Å²) >= 11 is 5.01. The van der Waals surface area contributed by atoms with Crippen LogP contribution in [0.3, 0.4) is 0 Å². The first-order chi connectivity index (χ1) is 6.22. The van der Waals surface area contributed by atoms with Gasteiger partial charge in [-0.15, -0.1) is 0 Å². The fraction of sp³-hybridized carbons (Fsp3) is 0.222. The van der Waals surface area contributed by atoms with Crippen molar-refractivity contribution in [2.45, 2.75) is 6.61 Å². The summed E-state index contributed by atoms with van der Waals surface area (Å²) < 4.78 is 9.59. The van der Waals surface area contributed by atoms with Gasteiger partial charge in [-0.05, 0) is 17.7 Å². The van der Waals surface area contributed by atoms with Gasteiger partial charge in [-0.3, -0.25) is 0 Å². The highest BCUT2D eigenvalue weighted by atomic mass is 35.5. The standard InChI is InChI=1S/C9H9ClO3/c1-12-8-4-2-3-7(5-8)6-13-9(10)11/h2-5H,6H2,1H3. The zero-order valence-corrected chi connectivity index (χ0v) is 7.88. The minimum atomic E-state index is -0.803. The molecule has 4 heteroatoms. The van der Waals surface area contributed by atoms with E-state index in [0.29, 0.717) is 0 Å². The van der Waals surface area contributed by atoms with Crippen LogP contribution in [-0.4, -0.2) is 12.5 Å². The Labute approximate surface area is 81.2 Å². The summed E-state index contributed by atoms with van der Waals surface area (Å²) in [6.07, 6.45) is 0. The third-order valence-electron chi connectivity index (χ3n) is 1.49. The predicted molar refractivity (Wildman–Crippen MR) is 49.0 cm³/mol. The molecule has 0 spiro atoms. The van der Waals surface area contributed by atoms with Crippen molar-refractivity contribution in [3.05, 3.63) is 29.8 Å². The highest BCUT2D eigenvalue weighted by molar-refractivity contribution is 6.61. The van der Waals surface area contributed by atoms with Gasteiger partial charge in [-0.25, -0.2) is 4.79 Å². The first kappa shape index (κ1) is 9.86. The lowest BCUT2D eigenvalue weighted by molar-refractivity contribution is 0.167. The average Bonchev–Trinajstić information content (AvgIpc) is 2.15. The van der Waals surface area contributed by atoms with Crippen LogP contribution in [-0.2, 0) is 11.3 Å². The molecule has 0 heterocycles. The molecule has 3 nitrogen and oxygen atoms in total. The summed E-state index contributed by atoms with van der Waals surface area (Å²) in [5.74, 6) is 0.725. The normalized spacial score (nSPS) is 9.38. The molecule has 13 heavy (non-hydrogen) atoms. The van der Waals surface area contributed by atoms with Gasteiger partial charge in [0, 0.05) is 11.6 Å². The molecule has 0 unspecified atom stereocenters. The van der Waals surface area contributed by atoms with Crippen molar-refractivity contribution < 1.29 is 14.3 Å². The molecule has 1 aromatic rings. The van der Waals surface area contributed by atoms with E-state index in [0.717, 1.165) is 11.3 Å². The zero-order chi connectivity index (χ0) is 9.68. The first-order valence-corrected chi connectivity index (χ1v) is 4.05. The van der Waals surface area contributed by atoms with E-state index in [1.165, 1.54) is 0 Å². The number of methoxy groups -OCH3 is 1. The second-order valence-electron chi connectivity index (χ2n) is 2.38. The van der Waals surface area contributed by atoms with E-state index in [1.807, 2.05) is 18.2 Å². The van der Waals surface area contributed by atoms with Gasteiger partial charge in [0.05, 0.1) is 7.11 Å². The van der Waals surface area contributed by atoms with Crippen molar-refractivity contribution >= 4 is 17.0 Å². The number of rotatable bonds is 3. The van der Waals surface area contributed by atoms with Crippen molar-refractivity contribution in [1.82, 2.24) is 0 Å². The van der Waals surface area contributed by atoms with E-state index in [1.54, 1.807) is 13.2 Å². The Balaban J connectivity index is 2.61. The molecule has 70 valence electrons. The van der Waals surface area contributed by atoms with E-state index in [9.17, 15) is 4.79 Å². The molecule has 0 aromatic heterocycles. The molecular weight excluding hydrogens is 192 g/mol. The largest absolute Gasteiger partial charge is 0.497 e. The monoisotopic (exact) mass is 200 g/mol. The molecule has 0 aliphatic rings. The van der Waals surface area contributed by atoms with Crippen LogP contribution in [0.2, 0.25) is 0 Å². The van der Waals surface area contributed by atoms with Crippen LogP contribution in [0, 0.1) is 0 Å². The fourth-order valence-corrected chi connectivity index (χ4v) is 0.957. The maximum atomic E-state index is 10.3. The van der Waals surface area contributed by atoms with Crippen LogP contribution in [0.15, 0.2) is 24.3 Å². The SMILES string of the molecule is COc1cccc(COC(=O)Cl)c1. The predicted octanol–water partition coefficient (Wildman–Crippen LogP) is 2.57. The molecule has 0 radical (unpaired) electrons. The highest BCUT2D eigenvalue weighted by Gasteiger charge is 1.98. The molecule has 0 N–H and O–H groups in total. The maximum absolute atomic E-state index is 10.3. The number of halogens is 1. The van der Waals surface area contributed by atoms with E-state index >= 15 is 0 Å². The van der Waals surface area contributed by atoms with Crippen LogP contribution < -0.4 is 4.74 Å². The maximum Gasteiger partial charge on any atom is 0.404 e. The van der Waals surface area contributed by atoms with Gasteiger partial charge in [0.25, 0.3) is 0 Å². The van der Waals surface area contributed by atoms with E-state index in [-0.39, 0.29) is 6.61 Å². The Hall–Kier alpha value is -1.22. The lowest BCUT2D eigenvalue weighted by Crippen LogP contribution is -1.95. The number of benzene rings is 1. The molecule has 0 amide bonds. The number of carbonyl (C=O) groups is 1. The average molecular weight is 201 g/mol. The summed E-state index contributed by atoms with van der Waals surface area (Å²) in [7, 11) is 1.58. The number of hydrogen-bond acceptors (Lipinski definition) is 3. The Kier molecular flexibility index (Phi) is 3.58. The van der Waals surface area contributed by atoms with Gasteiger partial charge in [0.1, 0.15) is 12.4 Å². The molecule has 0 fully saturated rings. The third kappa shape index (κ3) is 3.34. The smallest absolute Gasteiger partial charge is 0.404 e. The van der Waals surface area contributed by atoms with Gasteiger partial charge in [-0.2, -0.15) is 0 Å². The quantitative estimate of drug-likeness (QED) is 0.704. The van der Waals surface area contributed by atoms with Crippen LogP contribution in [0.5, 0.6) is 5.75 Å². The molecule has 0 saturated heterocycles. The van der Waals surface area contributed by atoms with Crippen LogP contribution in [0.25, 0.3) is 0 Å². The summed E-state index contributed by atoms with van der Waals surface area (Å²) in [5.41, 5.74) is 0.0381. The van der Waals surface area contributed by atoms with E-state index < -0.39 is 5.43 Å². The summed E-state index contributed by atoms with van der Waals surface area (Å²) in [4.78, 5) is 10.3. The Morgan fingerprint density at radius 3 is 2.92 bits per heavy atom. The van der Waals surface area contributed by atoms with Crippen molar-refractivity contribution in [2.75, 3.05) is 7.11 Å². The molecule has 1 rings (SSSR count). The molecule has 0 bridgehead atoms. The van der Waals surface area contributed by atoms with Crippen molar-refractivity contribution in [3.63, 3.8) is 0 Å². The van der Waals surface area contributed by atoms with Crippen molar-refractivity contribution in [1.29, 1.82) is 0 Å². The number of carbonyl (C=O) groups excluding carboxylic acids is 1. The lowest BCUT2D eigenvalue weighted by atomic mass is 10.2. The second kappa shape index (κ2) is 4.72. The summed E-state index contributed by atoms with van der Waals surface area (Å²) in [5, 5.41) is 0. The van der Waals surface area contributed by atoms with E-state index in [2.05, 4.69) is 4.74 Å². The Morgan fingerprint density at radius 1 is 1.54 bits per heavy atom. The molecule has 0 atom stereocenters. The van der Waals surface area contributed by atoms with Crippen molar-refractivity contribution in [3.8, 4) is 5.75 Å². The lowest BCUT2D eigenvalue weighted by Gasteiger charge is -2.03. The highest BCUT2D eigenvalue weighted by Crippen LogP contribution is 2.13. The van der Waals surface area contributed by atoms with Gasteiger partial charge >= 0.3 is 5.43 Å². The minimum Gasteiger partial charge on any atom is -0.497 e. The van der Waals surface area contributed by atoms with Gasteiger partial charge in [-0.1, -0.05) is 12.1 Å². The number of hydrogen-bond donors (Lipinski definition) is 0. The van der Waals surface area contributed by atoms with Gasteiger partial charge in [0.2, 0.25) is 0 Å². The third-order valence-corrected chi connectivity index (χ3v) is 1.60. The number of ether oxygens (including phenoxy) is 2.